The lowest BCUT2D eigenvalue weighted by atomic mass is 9.92. The molecule has 0 spiro atoms. The van der Waals surface area contributed by atoms with Crippen molar-refractivity contribution in [2.45, 2.75) is 39.2 Å². The van der Waals surface area contributed by atoms with Gasteiger partial charge in [-0.25, -0.2) is 4.79 Å². The van der Waals surface area contributed by atoms with Crippen LogP contribution in [0.4, 0.5) is 0 Å². The molecule has 0 amide bonds. The van der Waals surface area contributed by atoms with E-state index in [1.165, 1.54) is 10.8 Å². The molecule has 2 heterocycles. The van der Waals surface area contributed by atoms with Gasteiger partial charge in [0, 0.05) is 23.8 Å². The van der Waals surface area contributed by atoms with Crippen LogP contribution in [0.1, 0.15) is 25.6 Å². The van der Waals surface area contributed by atoms with E-state index in [1.54, 1.807) is 20.3 Å². The number of aromatic amines is 1. The first-order chi connectivity index (χ1) is 10.5. The van der Waals surface area contributed by atoms with E-state index in [-0.39, 0.29) is 17.9 Å². The highest BCUT2D eigenvalue weighted by Crippen LogP contribution is 2.44. The zero-order valence-electron chi connectivity index (χ0n) is 14.1. The molecule has 2 N–H and O–H groups in total. The second-order valence-electron chi connectivity index (χ2n) is 7.05. The first-order valence-electron chi connectivity index (χ1n) is 7.71. The molecular formula is C15H25N2O5P. The summed E-state index contributed by atoms with van der Waals surface area (Å²) in [4.78, 5) is 25.7. The van der Waals surface area contributed by atoms with Crippen LogP contribution in [0.15, 0.2) is 15.8 Å². The maximum absolute atomic E-state index is 12.0. The summed E-state index contributed by atoms with van der Waals surface area (Å²) in [6, 6.07) is 0. The van der Waals surface area contributed by atoms with Crippen LogP contribution in [0.2, 0.25) is 0 Å². The molecule has 1 aromatic heterocycles. The Kier molecular flexibility index (Phi) is 5.04. The maximum atomic E-state index is 12.0. The number of ether oxygens (including phenoxy) is 1. The number of H-pyrrole nitrogens is 1. The standard InChI is InChI=1S/C15H25N2O5P/c1-8-6-17(15(20)16-13(8)19)14-11(18)10(3)12(22-14)9(2)7-23(4,5)21/h6,9-12,14,18H,7H2,1-5H3,(H,16,19,20)/t9-,10-,11-,12+,14+/m0/s1. The van der Waals surface area contributed by atoms with E-state index >= 15 is 0 Å². The van der Waals surface area contributed by atoms with Gasteiger partial charge < -0.3 is 14.4 Å². The second-order valence-corrected chi connectivity index (χ2v) is 10.6. The van der Waals surface area contributed by atoms with Crippen LogP contribution in [0, 0.1) is 18.8 Å². The number of hydrogen-bond donors (Lipinski definition) is 2. The van der Waals surface area contributed by atoms with Crippen LogP contribution in [0.5, 0.6) is 0 Å². The number of rotatable bonds is 4. The lowest BCUT2D eigenvalue weighted by Crippen LogP contribution is -2.37. The third kappa shape index (κ3) is 3.84. The highest BCUT2D eigenvalue weighted by molar-refractivity contribution is 7.62. The first-order valence-corrected chi connectivity index (χ1v) is 10.5. The van der Waals surface area contributed by atoms with Gasteiger partial charge in [-0.2, -0.15) is 0 Å². The average molecular weight is 344 g/mol. The van der Waals surface area contributed by atoms with E-state index in [0.29, 0.717) is 11.7 Å². The first kappa shape index (κ1) is 18.2. The summed E-state index contributed by atoms with van der Waals surface area (Å²) in [7, 11) is -2.21. The smallest absolute Gasteiger partial charge is 0.330 e. The van der Waals surface area contributed by atoms with Crippen LogP contribution in [0.25, 0.3) is 0 Å². The molecule has 0 radical (unpaired) electrons. The Morgan fingerprint density at radius 1 is 1.43 bits per heavy atom. The van der Waals surface area contributed by atoms with Crippen molar-refractivity contribution in [3.8, 4) is 0 Å². The van der Waals surface area contributed by atoms with Crippen molar-refractivity contribution in [1.29, 1.82) is 0 Å². The second kappa shape index (κ2) is 6.38. The van der Waals surface area contributed by atoms with Crippen LogP contribution in [-0.4, -0.2) is 46.4 Å². The Bertz CT molecular complexity index is 734. The lowest BCUT2D eigenvalue weighted by Gasteiger charge is -2.24. The molecule has 1 saturated heterocycles. The SMILES string of the molecule is Cc1cn([C@@H]2O[C@H]([C@@H](C)CP(C)(C)=O)[C@@H](C)[C@@H]2O)c(=O)[nH]c1=O. The van der Waals surface area contributed by atoms with E-state index in [9.17, 15) is 19.3 Å². The molecule has 1 aliphatic rings. The largest absolute Gasteiger partial charge is 0.388 e. The molecule has 23 heavy (non-hydrogen) atoms. The van der Waals surface area contributed by atoms with Gasteiger partial charge in [-0.3, -0.25) is 14.3 Å². The van der Waals surface area contributed by atoms with Gasteiger partial charge in [0.2, 0.25) is 0 Å². The van der Waals surface area contributed by atoms with Crippen molar-refractivity contribution in [3.05, 3.63) is 32.6 Å². The number of nitrogens with zero attached hydrogens (tertiary/aromatic N) is 1. The molecule has 7 nitrogen and oxygen atoms in total. The number of hydrogen-bond acceptors (Lipinski definition) is 5. The predicted octanol–water partition coefficient (Wildman–Crippen LogP) is 0.998. The summed E-state index contributed by atoms with van der Waals surface area (Å²) in [5, 5.41) is 10.5. The summed E-state index contributed by atoms with van der Waals surface area (Å²) < 4.78 is 19.2. The molecule has 2 rings (SSSR count). The van der Waals surface area contributed by atoms with E-state index in [1.807, 2.05) is 13.8 Å². The number of aromatic nitrogens is 2. The van der Waals surface area contributed by atoms with Crippen molar-refractivity contribution in [2.75, 3.05) is 19.5 Å². The van der Waals surface area contributed by atoms with Gasteiger partial charge in [0.05, 0.1) is 13.2 Å². The third-order valence-corrected chi connectivity index (χ3v) is 5.81. The Balaban J connectivity index is 2.30. The van der Waals surface area contributed by atoms with E-state index in [0.717, 1.165) is 0 Å². The molecule has 0 aromatic carbocycles. The van der Waals surface area contributed by atoms with Gasteiger partial charge in [0.15, 0.2) is 6.23 Å². The molecule has 0 bridgehead atoms. The minimum atomic E-state index is -2.21. The summed E-state index contributed by atoms with van der Waals surface area (Å²) in [6.45, 7) is 8.84. The number of aliphatic hydroxyl groups excluding tert-OH is 1. The molecule has 1 aromatic rings. The normalized spacial score (nSPS) is 29.7. The van der Waals surface area contributed by atoms with Crippen molar-refractivity contribution in [1.82, 2.24) is 9.55 Å². The molecule has 0 unspecified atom stereocenters. The summed E-state index contributed by atoms with van der Waals surface area (Å²) in [5.41, 5.74) is -0.687. The Morgan fingerprint density at radius 2 is 2.04 bits per heavy atom. The van der Waals surface area contributed by atoms with Crippen molar-refractivity contribution in [3.63, 3.8) is 0 Å². The summed E-state index contributed by atoms with van der Waals surface area (Å²) >= 11 is 0. The van der Waals surface area contributed by atoms with Gasteiger partial charge in [0.25, 0.3) is 5.56 Å². The quantitative estimate of drug-likeness (QED) is 0.794. The minimum absolute atomic E-state index is 0.00922. The van der Waals surface area contributed by atoms with Crippen LogP contribution >= 0.6 is 7.14 Å². The fraction of sp³-hybridized carbons (Fsp3) is 0.733. The third-order valence-electron chi connectivity index (χ3n) is 4.35. The topological polar surface area (TPSA) is 101 Å². The fourth-order valence-corrected chi connectivity index (χ4v) is 4.87. The maximum Gasteiger partial charge on any atom is 0.330 e. The highest BCUT2D eigenvalue weighted by Gasteiger charge is 2.45. The Hall–Kier alpha value is -1.17. The molecule has 8 heteroatoms. The van der Waals surface area contributed by atoms with Gasteiger partial charge in [-0.15, -0.1) is 0 Å². The van der Waals surface area contributed by atoms with Gasteiger partial charge in [0.1, 0.15) is 6.10 Å². The highest BCUT2D eigenvalue weighted by atomic mass is 31.2. The van der Waals surface area contributed by atoms with Crippen LogP contribution < -0.4 is 11.2 Å². The lowest BCUT2D eigenvalue weighted by molar-refractivity contribution is -0.0518. The van der Waals surface area contributed by atoms with Crippen molar-refractivity contribution in [2.24, 2.45) is 11.8 Å². The molecule has 0 saturated carbocycles. The summed E-state index contributed by atoms with van der Waals surface area (Å²) in [6.07, 6.45) is -0.116. The minimum Gasteiger partial charge on any atom is -0.388 e. The predicted molar refractivity (Wildman–Crippen MR) is 88.6 cm³/mol. The number of aryl methyl sites for hydroxylation is 1. The number of aliphatic hydroxyl groups is 1. The molecule has 0 aliphatic carbocycles. The fourth-order valence-electron chi connectivity index (χ4n) is 3.27. The van der Waals surface area contributed by atoms with Gasteiger partial charge in [-0.1, -0.05) is 13.8 Å². The van der Waals surface area contributed by atoms with Gasteiger partial charge >= 0.3 is 5.69 Å². The van der Waals surface area contributed by atoms with Crippen LogP contribution in [0.3, 0.4) is 0 Å². The van der Waals surface area contributed by atoms with Crippen LogP contribution in [-0.2, 0) is 9.30 Å². The Labute approximate surface area is 135 Å². The monoisotopic (exact) mass is 344 g/mol. The van der Waals surface area contributed by atoms with Gasteiger partial charge in [-0.05, 0) is 26.2 Å². The average Bonchev–Trinajstić information content (AvgIpc) is 2.69. The summed E-state index contributed by atoms with van der Waals surface area (Å²) in [5.74, 6) is -0.217. The molecular weight excluding hydrogens is 319 g/mol. The van der Waals surface area contributed by atoms with E-state index < -0.39 is 30.7 Å². The molecule has 1 fully saturated rings. The van der Waals surface area contributed by atoms with E-state index in [4.69, 9.17) is 4.74 Å². The van der Waals surface area contributed by atoms with Crippen molar-refractivity contribution >= 4 is 7.14 Å². The molecule has 1 aliphatic heterocycles. The zero-order valence-corrected chi connectivity index (χ0v) is 15.0. The number of nitrogens with one attached hydrogen (secondary N) is 1. The zero-order chi connectivity index (χ0) is 17.5. The molecule has 130 valence electrons. The van der Waals surface area contributed by atoms with Crippen molar-refractivity contribution < 1.29 is 14.4 Å². The Morgan fingerprint density at radius 3 is 2.61 bits per heavy atom. The molecule has 5 atom stereocenters. The van der Waals surface area contributed by atoms with E-state index in [2.05, 4.69) is 4.98 Å².